The molecule has 0 aromatic carbocycles. The van der Waals surface area contributed by atoms with Crippen LogP contribution in [0.3, 0.4) is 0 Å². The van der Waals surface area contributed by atoms with Crippen LogP contribution in [0, 0.1) is 0 Å². The van der Waals surface area contributed by atoms with Gasteiger partial charge in [-0.05, 0) is 45.6 Å². The lowest BCUT2D eigenvalue weighted by Gasteiger charge is -2.07. The first kappa shape index (κ1) is 22.1. The number of hydrogen-bond donors (Lipinski definition) is 3. The Hall–Kier alpha value is -0.870. The van der Waals surface area contributed by atoms with Crippen molar-refractivity contribution < 1.29 is 9.90 Å². The molecule has 0 heterocycles. The Morgan fingerprint density at radius 2 is 1.57 bits per heavy atom. The van der Waals surface area contributed by atoms with Gasteiger partial charge in [-0.3, -0.25) is 4.79 Å². The highest BCUT2D eigenvalue weighted by molar-refractivity contribution is 5.75. The summed E-state index contributed by atoms with van der Waals surface area (Å²) in [6.07, 6.45) is 16.4. The third kappa shape index (κ3) is 19.1. The van der Waals surface area contributed by atoms with E-state index in [2.05, 4.69) is 22.8 Å². The van der Waals surface area contributed by atoms with Crippen LogP contribution in [0.15, 0.2) is 12.2 Å². The molecule has 0 aliphatic rings. The Balaban J connectivity index is 3.13. The van der Waals surface area contributed by atoms with E-state index in [-0.39, 0.29) is 5.91 Å². The number of nitrogens with one attached hydrogen (secondary N) is 2. The lowest BCUT2D eigenvalue weighted by Crippen LogP contribution is -2.32. The van der Waals surface area contributed by atoms with E-state index in [0.717, 1.165) is 51.7 Å². The van der Waals surface area contributed by atoms with E-state index in [0.29, 0.717) is 13.0 Å². The molecule has 0 bridgehead atoms. The number of aliphatic hydroxyl groups is 1. The van der Waals surface area contributed by atoms with E-state index in [1.165, 1.54) is 32.1 Å². The standard InChI is InChI=1S/C19H38N2O2/c1-2-3-4-8-11-14-19(23)21-17-16-20-15-12-9-6-5-7-10-13-18-22/h2-3,20,22H,4-18H2,1H3,(H,21,23)/b3-2+. The van der Waals surface area contributed by atoms with Crippen LogP contribution in [0.5, 0.6) is 0 Å². The molecule has 3 N–H and O–H groups in total. The Labute approximate surface area is 143 Å². The van der Waals surface area contributed by atoms with E-state index < -0.39 is 0 Å². The highest BCUT2D eigenvalue weighted by atomic mass is 16.2. The van der Waals surface area contributed by atoms with Gasteiger partial charge in [-0.1, -0.05) is 44.3 Å². The molecule has 4 nitrogen and oxygen atoms in total. The molecule has 0 unspecified atom stereocenters. The maximum Gasteiger partial charge on any atom is 0.220 e. The molecule has 0 aliphatic carbocycles. The van der Waals surface area contributed by atoms with E-state index in [4.69, 9.17) is 5.11 Å². The van der Waals surface area contributed by atoms with Gasteiger partial charge in [0.15, 0.2) is 0 Å². The van der Waals surface area contributed by atoms with Gasteiger partial charge in [0.1, 0.15) is 0 Å². The van der Waals surface area contributed by atoms with Gasteiger partial charge in [0.2, 0.25) is 5.91 Å². The first-order chi connectivity index (χ1) is 11.3. The van der Waals surface area contributed by atoms with Crippen LogP contribution in [0.2, 0.25) is 0 Å². The number of amides is 1. The van der Waals surface area contributed by atoms with Crippen LogP contribution >= 0.6 is 0 Å². The molecule has 0 saturated heterocycles. The van der Waals surface area contributed by atoms with Gasteiger partial charge in [0, 0.05) is 26.1 Å². The van der Waals surface area contributed by atoms with E-state index in [1.54, 1.807) is 0 Å². The Morgan fingerprint density at radius 3 is 2.26 bits per heavy atom. The minimum atomic E-state index is 0.176. The minimum absolute atomic E-state index is 0.176. The topological polar surface area (TPSA) is 61.4 Å². The largest absolute Gasteiger partial charge is 0.396 e. The van der Waals surface area contributed by atoms with Gasteiger partial charge in [-0.2, -0.15) is 0 Å². The molecule has 136 valence electrons. The highest BCUT2D eigenvalue weighted by Crippen LogP contribution is 2.06. The van der Waals surface area contributed by atoms with Crippen molar-refractivity contribution in [1.29, 1.82) is 0 Å². The molecule has 0 aliphatic heterocycles. The van der Waals surface area contributed by atoms with Crippen LogP contribution < -0.4 is 10.6 Å². The zero-order valence-electron chi connectivity index (χ0n) is 15.1. The molecule has 0 atom stereocenters. The van der Waals surface area contributed by atoms with Gasteiger partial charge in [0.05, 0.1) is 0 Å². The van der Waals surface area contributed by atoms with Crippen molar-refractivity contribution in [2.45, 2.75) is 77.6 Å². The summed E-state index contributed by atoms with van der Waals surface area (Å²) in [5.41, 5.74) is 0. The molecule has 0 saturated carbocycles. The third-order valence-electron chi connectivity index (χ3n) is 3.90. The third-order valence-corrected chi connectivity index (χ3v) is 3.90. The van der Waals surface area contributed by atoms with Crippen molar-refractivity contribution in [1.82, 2.24) is 10.6 Å². The fraction of sp³-hybridized carbons (Fsp3) is 0.842. The Morgan fingerprint density at radius 1 is 0.870 bits per heavy atom. The van der Waals surface area contributed by atoms with Crippen molar-refractivity contribution in [3.63, 3.8) is 0 Å². The lowest BCUT2D eigenvalue weighted by molar-refractivity contribution is -0.121. The second kappa shape index (κ2) is 19.2. The molecule has 4 heteroatoms. The Kier molecular flexibility index (Phi) is 18.5. The monoisotopic (exact) mass is 326 g/mol. The highest BCUT2D eigenvalue weighted by Gasteiger charge is 1.99. The van der Waals surface area contributed by atoms with Gasteiger partial charge in [-0.15, -0.1) is 0 Å². The number of rotatable bonds is 17. The minimum Gasteiger partial charge on any atom is -0.396 e. The van der Waals surface area contributed by atoms with Gasteiger partial charge < -0.3 is 15.7 Å². The number of hydrogen-bond acceptors (Lipinski definition) is 3. The van der Waals surface area contributed by atoms with E-state index >= 15 is 0 Å². The molecule has 0 aromatic heterocycles. The SMILES string of the molecule is C/C=C/CCCCC(=O)NCCNCCCCCCCCCO. The second-order valence-electron chi connectivity index (χ2n) is 6.11. The normalized spacial score (nSPS) is 11.2. The van der Waals surface area contributed by atoms with Crippen molar-refractivity contribution in [3.05, 3.63) is 12.2 Å². The maximum absolute atomic E-state index is 11.6. The fourth-order valence-corrected chi connectivity index (χ4v) is 2.46. The molecule has 0 spiro atoms. The molecular weight excluding hydrogens is 288 g/mol. The first-order valence-corrected chi connectivity index (χ1v) is 9.50. The smallest absolute Gasteiger partial charge is 0.220 e. The summed E-state index contributed by atoms with van der Waals surface area (Å²) in [5.74, 6) is 0.176. The van der Waals surface area contributed by atoms with E-state index in [9.17, 15) is 4.79 Å². The van der Waals surface area contributed by atoms with Gasteiger partial charge in [-0.25, -0.2) is 0 Å². The summed E-state index contributed by atoms with van der Waals surface area (Å²) in [6, 6.07) is 0. The molecular formula is C19H38N2O2. The number of carbonyl (C=O) groups excluding carboxylic acids is 1. The van der Waals surface area contributed by atoms with Crippen molar-refractivity contribution in [3.8, 4) is 0 Å². The molecule has 0 fully saturated rings. The van der Waals surface area contributed by atoms with Crippen LogP contribution in [0.1, 0.15) is 77.6 Å². The summed E-state index contributed by atoms with van der Waals surface area (Å²) in [6.45, 7) is 4.99. The quantitative estimate of drug-likeness (QED) is 0.283. The summed E-state index contributed by atoms with van der Waals surface area (Å²) < 4.78 is 0. The van der Waals surface area contributed by atoms with Crippen molar-refractivity contribution in [2.24, 2.45) is 0 Å². The van der Waals surface area contributed by atoms with Crippen molar-refractivity contribution >= 4 is 5.91 Å². The molecule has 1 amide bonds. The Bertz CT molecular complexity index is 281. The van der Waals surface area contributed by atoms with Gasteiger partial charge in [0.25, 0.3) is 0 Å². The predicted octanol–water partition coefficient (Wildman–Crippen LogP) is 3.55. The molecule has 23 heavy (non-hydrogen) atoms. The lowest BCUT2D eigenvalue weighted by atomic mass is 10.1. The molecule has 0 radical (unpaired) electrons. The van der Waals surface area contributed by atoms with Crippen LogP contribution in [0.4, 0.5) is 0 Å². The maximum atomic E-state index is 11.6. The van der Waals surface area contributed by atoms with Crippen LogP contribution in [0.25, 0.3) is 0 Å². The number of aliphatic hydroxyl groups excluding tert-OH is 1. The molecule has 0 rings (SSSR count). The second-order valence-corrected chi connectivity index (χ2v) is 6.11. The number of carbonyl (C=O) groups is 1. The average molecular weight is 327 g/mol. The zero-order chi connectivity index (χ0) is 17.0. The summed E-state index contributed by atoms with van der Waals surface area (Å²) in [4.78, 5) is 11.6. The molecule has 0 aromatic rings. The first-order valence-electron chi connectivity index (χ1n) is 9.50. The number of allylic oxidation sites excluding steroid dienone is 2. The summed E-state index contributed by atoms with van der Waals surface area (Å²) >= 11 is 0. The van der Waals surface area contributed by atoms with Crippen molar-refractivity contribution in [2.75, 3.05) is 26.2 Å². The summed E-state index contributed by atoms with van der Waals surface area (Å²) in [5, 5.41) is 15.0. The average Bonchev–Trinajstić information content (AvgIpc) is 2.55. The van der Waals surface area contributed by atoms with Gasteiger partial charge >= 0.3 is 0 Å². The van der Waals surface area contributed by atoms with Crippen LogP contribution in [-0.2, 0) is 4.79 Å². The summed E-state index contributed by atoms with van der Waals surface area (Å²) in [7, 11) is 0. The number of unbranched alkanes of at least 4 members (excludes halogenated alkanes) is 8. The predicted molar refractivity (Wildman–Crippen MR) is 98.6 cm³/mol. The zero-order valence-corrected chi connectivity index (χ0v) is 15.1. The fourth-order valence-electron chi connectivity index (χ4n) is 2.46. The van der Waals surface area contributed by atoms with Crippen LogP contribution in [-0.4, -0.2) is 37.3 Å². The van der Waals surface area contributed by atoms with E-state index in [1.807, 2.05) is 6.92 Å².